The van der Waals surface area contributed by atoms with Crippen molar-refractivity contribution in [3.63, 3.8) is 0 Å². The van der Waals surface area contributed by atoms with Gasteiger partial charge >= 0.3 is 11.9 Å². The summed E-state index contributed by atoms with van der Waals surface area (Å²) < 4.78 is 11.2. The number of carbonyl (C=O) groups is 2. The van der Waals surface area contributed by atoms with E-state index in [1.54, 1.807) is 11.3 Å². The molecule has 3 aromatic rings. The number of hydrogen-bond acceptors (Lipinski definition) is 7. The van der Waals surface area contributed by atoms with Gasteiger partial charge in [-0.05, 0) is 55.5 Å². The van der Waals surface area contributed by atoms with E-state index in [0.29, 0.717) is 10.9 Å². The second kappa shape index (κ2) is 7.55. The zero-order valence-electron chi connectivity index (χ0n) is 15.3. The van der Waals surface area contributed by atoms with Crippen LogP contribution in [0.25, 0.3) is 10.2 Å². The molecule has 4 rings (SSSR count). The van der Waals surface area contributed by atoms with Crippen molar-refractivity contribution >= 4 is 33.5 Å². The van der Waals surface area contributed by atoms with E-state index in [-0.39, 0.29) is 17.9 Å². The molecule has 7 nitrogen and oxygen atoms in total. The van der Waals surface area contributed by atoms with Crippen LogP contribution in [0.15, 0.2) is 35.4 Å². The normalized spacial score (nSPS) is 13.2. The number of hydrogen-bond donors (Lipinski definition) is 0. The maximum Gasteiger partial charge on any atom is 0.337 e. The first kappa shape index (κ1) is 18.4. The number of rotatable bonds is 4. The van der Waals surface area contributed by atoms with Crippen molar-refractivity contribution in [3.05, 3.63) is 57.0 Å². The molecule has 0 unspecified atom stereocenters. The summed E-state index contributed by atoms with van der Waals surface area (Å²) in [4.78, 5) is 42.9. The average molecular weight is 398 g/mol. The Hall–Kier alpha value is -3.00. The van der Waals surface area contributed by atoms with Crippen molar-refractivity contribution in [3.8, 4) is 5.75 Å². The van der Waals surface area contributed by atoms with Gasteiger partial charge in [-0.1, -0.05) is 0 Å². The van der Waals surface area contributed by atoms with Crippen LogP contribution in [0.3, 0.4) is 0 Å². The minimum atomic E-state index is -0.585. The van der Waals surface area contributed by atoms with Crippen LogP contribution >= 0.6 is 11.3 Å². The van der Waals surface area contributed by atoms with Gasteiger partial charge in [0.1, 0.15) is 17.1 Å². The van der Waals surface area contributed by atoms with Gasteiger partial charge in [-0.25, -0.2) is 14.6 Å². The predicted molar refractivity (Wildman–Crippen MR) is 104 cm³/mol. The molecule has 28 heavy (non-hydrogen) atoms. The minimum absolute atomic E-state index is 0.206. The molecule has 0 saturated heterocycles. The first-order valence-electron chi connectivity index (χ1n) is 8.95. The van der Waals surface area contributed by atoms with Crippen LogP contribution < -0.4 is 10.3 Å². The smallest absolute Gasteiger partial charge is 0.337 e. The van der Waals surface area contributed by atoms with Gasteiger partial charge in [0.2, 0.25) is 0 Å². The molecule has 0 fully saturated rings. The first-order chi connectivity index (χ1) is 13.6. The summed E-state index contributed by atoms with van der Waals surface area (Å²) >= 11 is 1.57. The maximum atomic E-state index is 12.9. The Kier molecular flexibility index (Phi) is 4.95. The fourth-order valence-corrected chi connectivity index (χ4v) is 4.59. The number of carbonyl (C=O) groups excluding carboxylic acids is 2. The lowest BCUT2D eigenvalue weighted by Gasteiger charge is -2.10. The fourth-order valence-electron chi connectivity index (χ4n) is 3.37. The Bertz CT molecular complexity index is 1110. The molecule has 0 radical (unpaired) electrons. The molecule has 0 aliphatic heterocycles. The lowest BCUT2D eigenvalue weighted by atomic mass is 9.97. The summed E-state index contributed by atoms with van der Waals surface area (Å²) in [6, 6.07) is 6.02. The van der Waals surface area contributed by atoms with Gasteiger partial charge in [0.05, 0.1) is 24.4 Å². The average Bonchev–Trinajstić information content (AvgIpc) is 3.09. The lowest BCUT2D eigenvalue weighted by Crippen LogP contribution is -2.27. The van der Waals surface area contributed by atoms with Crippen LogP contribution in [-0.2, 0) is 28.9 Å². The first-order valence-corrected chi connectivity index (χ1v) is 9.77. The van der Waals surface area contributed by atoms with Gasteiger partial charge in [-0.2, -0.15) is 0 Å². The largest absolute Gasteiger partial charge is 0.465 e. The summed E-state index contributed by atoms with van der Waals surface area (Å²) in [5, 5.41) is 0.637. The molecule has 8 heteroatoms. The monoisotopic (exact) mass is 398 g/mol. The van der Waals surface area contributed by atoms with E-state index < -0.39 is 11.9 Å². The van der Waals surface area contributed by atoms with E-state index >= 15 is 0 Å². The summed E-state index contributed by atoms with van der Waals surface area (Å²) in [7, 11) is 1.30. The summed E-state index contributed by atoms with van der Waals surface area (Å²) in [6.07, 6.45) is 5.47. The molecule has 0 bridgehead atoms. The molecule has 0 N–H and O–H groups in total. The van der Waals surface area contributed by atoms with Gasteiger partial charge < -0.3 is 9.47 Å². The molecule has 144 valence electrons. The van der Waals surface area contributed by atoms with Crippen LogP contribution in [0.5, 0.6) is 5.75 Å². The molecule has 0 atom stereocenters. The van der Waals surface area contributed by atoms with E-state index in [2.05, 4.69) is 9.72 Å². The van der Waals surface area contributed by atoms with Gasteiger partial charge in [0.15, 0.2) is 0 Å². The zero-order valence-corrected chi connectivity index (χ0v) is 16.1. The topological polar surface area (TPSA) is 87.5 Å². The number of aromatic nitrogens is 2. The van der Waals surface area contributed by atoms with Crippen molar-refractivity contribution in [1.29, 1.82) is 0 Å². The zero-order chi connectivity index (χ0) is 19.7. The van der Waals surface area contributed by atoms with E-state index in [4.69, 9.17) is 4.74 Å². The molecular formula is C20H18N2O5S. The Morgan fingerprint density at radius 1 is 1.18 bits per heavy atom. The number of nitrogens with zero attached hydrogens (tertiary/aromatic N) is 2. The molecule has 2 aromatic heterocycles. The van der Waals surface area contributed by atoms with Gasteiger partial charge in [-0.3, -0.25) is 9.36 Å². The molecular weight excluding hydrogens is 380 g/mol. The number of esters is 2. The highest BCUT2D eigenvalue weighted by Crippen LogP contribution is 2.33. The molecule has 1 aliphatic rings. The standard InChI is InChI=1S/C20H18N2O5S/c1-26-20(25)12-6-8-13(9-7-12)27-16(23)10-22-11-21-18-17(19(22)24)14-4-2-3-5-15(14)28-18/h6-9,11H,2-5,10H2,1H3. The number of ether oxygens (including phenoxy) is 2. The van der Waals surface area contributed by atoms with Crippen LogP contribution in [0.4, 0.5) is 0 Å². The van der Waals surface area contributed by atoms with Crippen molar-refractivity contribution in [2.75, 3.05) is 7.11 Å². The van der Waals surface area contributed by atoms with Crippen molar-refractivity contribution in [2.24, 2.45) is 0 Å². The number of methoxy groups -OCH3 is 1. The van der Waals surface area contributed by atoms with Crippen LogP contribution in [-0.4, -0.2) is 28.6 Å². The third-order valence-electron chi connectivity index (χ3n) is 4.75. The number of thiophene rings is 1. The Morgan fingerprint density at radius 2 is 1.93 bits per heavy atom. The lowest BCUT2D eigenvalue weighted by molar-refractivity contribution is -0.135. The van der Waals surface area contributed by atoms with E-state index in [9.17, 15) is 14.4 Å². The second-order valence-corrected chi connectivity index (χ2v) is 7.64. The molecule has 2 heterocycles. The molecule has 0 amide bonds. The number of aryl methyl sites for hydroxylation is 2. The highest BCUT2D eigenvalue weighted by molar-refractivity contribution is 7.18. The second-order valence-electron chi connectivity index (χ2n) is 6.56. The quantitative estimate of drug-likeness (QED) is 0.496. The fraction of sp³-hybridized carbons (Fsp3) is 0.300. The predicted octanol–water partition coefficient (Wildman–Crippen LogP) is 2.73. The maximum absolute atomic E-state index is 12.9. The molecule has 1 aliphatic carbocycles. The van der Waals surface area contributed by atoms with E-state index in [1.165, 1.54) is 47.1 Å². The SMILES string of the molecule is COC(=O)c1ccc(OC(=O)Cn2cnc3sc4c(c3c2=O)CCCC4)cc1. The highest BCUT2D eigenvalue weighted by Gasteiger charge is 2.20. The number of benzene rings is 1. The summed E-state index contributed by atoms with van der Waals surface area (Å²) in [5.74, 6) is -0.770. The van der Waals surface area contributed by atoms with Crippen LogP contribution in [0.1, 0.15) is 33.6 Å². The number of fused-ring (bicyclic) bond motifs is 3. The third-order valence-corrected chi connectivity index (χ3v) is 5.95. The van der Waals surface area contributed by atoms with Crippen LogP contribution in [0, 0.1) is 0 Å². The Labute approximate surface area is 164 Å². The van der Waals surface area contributed by atoms with E-state index in [1.807, 2.05) is 0 Å². The van der Waals surface area contributed by atoms with Gasteiger partial charge in [-0.15, -0.1) is 11.3 Å². The van der Waals surface area contributed by atoms with Crippen molar-refractivity contribution in [2.45, 2.75) is 32.2 Å². The third kappa shape index (κ3) is 3.43. The van der Waals surface area contributed by atoms with Gasteiger partial charge in [0.25, 0.3) is 5.56 Å². The molecule has 0 saturated carbocycles. The minimum Gasteiger partial charge on any atom is -0.465 e. The Morgan fingerprint density at radius 3 is 2.68 bits per heavy atom. The summed E-state index contributed by atoms with van der Waals surface area (Å²) in [6.45, 7) is -0.231. The van der Waals surface area contributed by atoms with Crippen LogP contribution in [0.2, 0.25) is 0 Å². The van der Waals surface area contributed by atoms with Crippen molar-refractivity contribution in [1.82, 2.24) is 9.55 Å². The Balaban J connectivity index is 1.53. The van der Waals surface area contributed by atoms with Gasteiger partial charge in [0, 0.05) is 4.88 Å². The summed E-state index contributed by atoms with van der Waals surface area (Å²) in [5.41, 5.74) is 1.24. The van der Waals surface area contributed by atoms with Crippen molar-refractivity contribution < 1.29 is 19.1 Å². The molecule has 0 spiro atoms. The highest BCUT2D eigenvalue weighted by atomic mass is 32.1. The molecule has 1 aromatic carbocycles. The van der Waals surface area contributed by atoms with E-state index in [0.717, 1.165) is 36.1 Å².